The van der Waals surface area contributed by atoms with Crippen molar-refractivity contribution in [3.63, 3.8) is 0 Å². The van der Waals surface area contributed by atoms with Crippen molar-refractivity contribution in [3.05, 3.63) is 35.1 Å². The largest absolute Gasteiger partial charge is 0.326 e. The normalized spacial score (nSPS) is 16.5. The number of carbonyl (C=O) groups is 2. The number of nitrogens with one attached hydrogen (secondary N) is 2. The highest BCUT2D eigenvalue weighted by atomic mass is 35.5. The van der Waals surface area contributed by atoms with Crippen molar-refractivity contribution in [2.75, 3.05) is 10.6 Å². The maximum absolute atomic E-state index is 12.0. The van der Waals surface area contributed by atoms with Gasteiger partial charge in [-0.1, -0.05) is 17.7 Å². The number of benzene rings is 1. The first-order chi connectivity index (χ1) is 10.0. The molecule has 1 atom stereocenters. The highest BCUT2D eigenvalue weighted by molar-refractivity contribution is 6.30. The van der Waals surface area contributed by atoms with Crippen molar-refractivity contribution in [1.29, 1.82) is 0 Å². The van der Waals surface area contributed by atoms with Crippen molar-refractivity contribution in [2.24, 2.45) is 0 Å². The molecule has 8 heteroatoms. The van der Waals surface area contributed by atoms with Crippen LogP contribution in [0.4, 0.5) is 11.6 Å². The molecule has 0 spiro atoms. The molecule has 21 heavy (non-hydrogen) atoms. The van der Waals surface area contributed by atoms with Gasteiger partial charge in [0.15, 0.2) is 0 Å². The van der Waals surface area contributed by atoms with E-state index in [0.717, 1.165) is 0 Å². The molecular weight excluding hydrogens is 294 g/mol. The summed E-state index contributed by atoms with van der Waals surface area (Å²) in [6.07, 6.45) is -0.0197. The molecular formula is C13H12ClN5O2. The van der Waals surface area contributed by atoms with Crippen LogP contribution in [0.2, 0.25) is 5.02 Å². The first-order valence-corrected chi connectivity index (χ1v) is 6.70. The van der Waals surface area contributed by atoms with Gasteiger partial charge >= 0.3 is 0 Å². The van der Waals surface area contributed by atoms with Crippen LogP contribution in [0.25, 0.3) is 0 Å². The van der Waals surface area contributed by atoms with Crippen LogP contribution in [0, 0.1) is 6.92 Å². The Balaban J connectivity index is 1.71. The van der Waals surface area contributed by atoms with E-state index in [2.05, 4.69) is 20.7 Å². The average Bonchev–Trinajstić information content (AvgIpc) is 2.87. The Morgan fingerprint density at radius 2 is 2.33 bits per heavy atom. The Hall–Kier alpha value is -2.41. The van der Waals surface area contributed by atoms with Gasteiger partial charge in [0.25, 0.3) is 5.91 Å². The number of aromatic nitrogens is 3. The summed E-state index contributed by atoms with van der Waals surface area (Å²) >= 11 is 5.85. The van der Waals surface area contributed by atoms with Crippen molar-refractivity contribution < 1.29 is 9.59 Å². The second kappa shape index (κ2) is 5.17. The number of rotatable bonds is 3. The molecule has 1 aliphatic heterocycles. The predicted molar refractivity (Wildman–Crippen MR) is 77.1 cm³/mol. The van der Waals surface area contributed by atoms with Gasteiger partial charge in [-0.05, 0) is 25.1 Å². The number of hydrogen-bond donors (Lipinski definition) is 2. The van der Waals surface area contributed by atoms with Crippen LogP contribution in [0.15, 0.2) is 24.3 Å². The first-order valence-electron chi connectivity index (χ1n) is 6.32. The van der Waals surface area contributed by atoms with Gasteiger partial charge < -0.3 is 5.32 Å². The van der Waals surface area contributed by atoms with Gasteiger partial charge in [0.1, 0.15) is 11.9 Å². The molecule has 1 aromatic heterocycles. The summed E-state index contributed by atoms with van der Waals surface area (Å²) < 4.78 is 1.44. The third kappa shape index (κ3) is 2.73. The lowest BCUT2D eigenvalue weighted by Gasteiger charge is -2.09. The lowest BCUT2D eigenvalue weighted by molar-refractivity contribution is -0.123. The summed E-state index contributed by atoms with van der Waals surface area (Å²) in [5.41, 5.74) is 0.584. The fraction of sp³-hybridized carbons (Fsp3) is 0.231. The van der Waals surface area contributed by atoms with E-state index in [1.165, 1.54) is 4.68 Å². The topological polar surface area (TPSA) is 88.9 Å². The van der Waals surface area contributed by atoms with Gasteiger partial charge in [-0.15, -0.1) is 0 Å². The Morgan fingerprint density at radius 3 is 3.10 bits per heavy atom. The maximum atomic E-state index is 12.0. The molecule has 2 aromatic rings. The van der Waals surface area contributed by atoms with Crippen LogP contribution in [0.5, 0.6) is 0 Å². The number of halogens is 1. The van der Waals surface area contributed by atoms with Gasteiger partial charge in [-0.3, -0.25) is 14.9 Å². The summed E-state index contributed by atoms with van der Waals surface area (Å²) in [6.45, 7) is 1.72. The van der Waals surface area contributed by atoms with E-state index in [9.17, 15) is 9.59 Å². The maximum Gasteiger partial charge on any atom is 0.252 e. The van der Waals surface area contributed by atoms with Gasteiger partial charge in [0.05, 0.1) is 6.42 Å². The summed E-state index contributed by atoms with van der Waals surface area (Å²) in [4.78, 5) is 27.9. The second-order valence-electron chi connectivity index (χ2n) is 4.69. The molecule has 0 fully saturated rings. The molecule has 0 bridgehead atoms. The van der Waals surface area contributed by atoms with Crippen LogP contribution in [-0.2, 0) is 9.59 Å². The zero-order chi connectivity index (χ0) is 15.0. The molecule has 2 heterocycles. The minimum Gasteiger partial charge on any atom is -0.326 e. The van der Waals surface area contributed by atoms with E-state index >= 15 is 0 Å². The Bertz CT molecular complexity index is 727. The summed E-state index contributed by atoms with van der Waals surface area (Å²) in [5, 5.41) is 9.95. The summed E-state index contributed by atoms with van der Waals surface area (Å²) in [7, 11) is 0. The number of anilines is 2. The van der Waals surface area contributed by atoms with Gasteiger partial charge in [-0.2, -0.15) is 10.1 Å². The number of aryl methyl sites for hydroxylation is 1. The molecule has 0 saturated carbocycles. The molecule has 7 nitrogen and oxygen atoms in total. The number of hydrogen-bond acceptors (Lipinski definition) is 4. The zero-order valence-corrected chi connectivity index (χ0v) is 11.9. The molecule has 1 aliphatic rings. The quantitative estimate of drug-likeness (QED) is 0.904. The van der Waals surface area contributed by atoms with Crippen LogP contribution in [0.3, 0.4) is 0 Å². The van der Waals surface area contributed by atoms with E-state index in [1.54, 1.807) is 31.2 Å². The molecule has 1 unspecified atom stereocenters. The molecule has 2 N–H and O–H groups in total. The number of fused-ring (bicyclic) bond motifs is 1. The van der Waals surface area contributed by atoms with Gasteiger partial charge in [-0.25, -0.2) is 4.68 Å². The Labute approximate surface area is 125 Å². The number of nitrogens with zero attached hydrogens (tertiary/aromatic N) is 3. The van der Waals surface area contributed by atoms with Gasteiger partial charge in [0, 0.05) is 10.7 Å². The molecule has 108 valence electrons. The molecule has 1 aromatic carbocycles. The minimum absolute atomic E-state index is 0.0197. The lowest BCUT2D eigenvalue weighted by atomic mass is 10.2. The molecule has 0 aliphatic carbocycles. The highest BCUT2D eigenvalue weighted by Crippen LogP contribution is 2.25. The predicted octanol–water partition coefficient (Wildman–Crippen LogP) is 1.76. The highest BCUT2D eigenvalue weighted by Gasteiger charge is 2.34. The smallest absolute Gasteiger partial charge is 0.252 e. The fourth-order valence-electron chi connectivity index (χ4n) is 2.17. The summed E-state index contributed by atoms with van der Waals surface area (Å²) in [5.74, 6) is 0.341. The third-order valence-corrected chi connectivity index (χ3v) is 3.29. The monoisotopic (exact) mass is 305 g/mol. The molecule has 0 saturated heterocycles. The van der Waals surface area contributed by atoms with Crippen molar-refractivity contribution >= 4 is 35.1 Å². The second-order valence-corrected chi connectivity index (χ2v) is 5.13. The number of carbonyl (C=O) groups excluding carboxylic acids is 2. The van der Waals surface area contributed by atoms with Gasteiger partial charge in [0.2, 0.25) is 11.9 Å². The van der Waals surface area contributed by atoms with E-state index < -0.39 is 6.04 Å². The van der Waals surface area contributed by atoms with Crippen molar-refractivity contribution in [2.45, 2.75) is 19.4 Å². The number of amides is 2. The lowest BCUT2D eigenvalue weighted by Crippen LogP contribution is -2.23. The van der Waals surface area contributed by atoms with E-state index in [0.29, 0.717) is 22.5 Å². The average molecular weight is 306 g/mol. The minimum atomic E-state index is -0.680. The Morgan fingerprint density at radius 1 is 1.52 bits per heavy atom. The fourth-order valence-corrected chi connectivity index (χ4v) is 2.36. The summed E-state index contributed by atoms with van der Waals surface area (Å²) in [6, 6.07) is 6.13. The third-order valence-electron chi connectivity index (χ3n) is 3.06. The standard InChI is InChI=1S/C13H12ClN5O2/c1-7-15-13-17-12(21)10(19(13)18-7)6-11(20)16-9-4-2-3-8(14)5-9/h2-5,10H,6H2,1H3,(H,16,20)(H,15,17,18,21). The van der Waals surface area contributed by atoms with E-state index in [-0.39, 0.29) is 18.2 Å². The van der Waals surface area contributed by atoms with Crippen LogP contribution in [0.1, 0.15) is 18.3 Å². The van der Waals surface area contributed by atoms with Crippen LogP contribution < -0.4 is 10.6 Å². The zero-order valence-electron chi connectivity index (χ0n) is 11.1. The van der Waals surface area contributed by atoms with Crippen molar-refractivity contribution in [3.8, 4) is 0 Å². The van der Waals surface area contributed by atoms with Crippen LogP contribution in [-0.4, -0.2) is 26.6 Å². The SMILES string of the molecule is Cc1nc2n(n1)C(CC(=O)Nc1cccc(Cl)c1)C(=O)N2. The first kappa shape index (κ1) is 13.6. The molecule has 0 radical (unpaired) electrons. The van der Waals surface area contributed by atoms with E-state index in [4.69, 9.17) is 11.6 Å². The van der Waals surface area contributed by atoms with E-state index in [1.807, 2.05) is 0 Å². The molecule has 3 rings (SSSR count). The Kier molecular flexibility index (Phi) is 3.34. The van der Waals surface area contributed by atoms with Crippen LogP contribution >= 0.6 is 11.6 Å². The van der Waals surface area contributed by atoms with Crippen molar-refractivity contribution in [1.82, 2.24) is 14.8 Å². The molecule has 2 amide bonds.